The number of fused-ring (bicyclic) bond motifs is 1. The second-order valence-corrected chi connectivity index (χ2v) is 9.22. The molecule has 0 bridgehead atoms. The zero-order valence-electron chi connectivity index (χ0n) is 19.5. The summed E-state index contributed by atoms with van der Waals surface area (Å²) in [6.45, 7) is 1.90. The number of esters is 1. The molecule has 0 atom stereocenters. The van der Waals surface area contributed by atoms with E-state index in [-0.39, 0.29) is 12.4 Å². The number of aliphatic imine (C=N–C) groups is 1. The van der Waals surface area contributed by atoms with E-state index in [9.17, 15) is 14.4 Å². The van der Waals surface area contributed by atoms with Crippen LogP contribution < -0.4 is 11.5 Å². The standard InChI is InChI=1S/C13H9NOS.C8H8O3S.C6H8N2/c15-11-8-9-4-1-2-5-10(9)14-13(11)12-6-3-7-16-12;1-2-11-8(10)7(9)6-4-3-5-12-6;7-5-3-1-2-4-6(5)8/h1-7H,8H2;3-5H,2H2,1H3;1-4H,7-8H2. The van der Waals surface area contributed by atoms with Crippen molar-refractivity contribution in [3.05, 3.63) is 98.9 Å². The molecule has 1 aliphatic rings. The topological polar surface area (TPSA) is 125 Å². The molecule has 0 aliphatic carbocycles. The van der Waals surface area contributed by atoms with Crippen LogP contribution in [-0.2, 0) is 20.7 Å². The van der Waals surface area contributed by atoms with E-state index in [4.69, 9.17) is 11.5 Å². The third kappa shape index (κ3) is 7.21. The maximum absolute atomic E-state index is 11.9. The van der Waals surface area contributed by atoms with E-state index in [1.807, 2.05) is 53.9 Å². The molecule has 0 fully saturated rings. The molecular weight excluding hydrogens is 494 g/mol. The lowest BCUT2D eigenvalue weighted by Crippen LogP contribution is -2.20. The molecule has 4 N–H and O–H groups in total. The minimum atomic E-state index is -0.778. The lowest BCUT2D eigenvalue weighted by atomic mass is 10.00. The van der Waals surface area contributed by atoms with Gasteiger partial charge in [0.15, 0.2) is 5.78 Å². The summed E-state index contributed by atoms with van der Waals surface area (Å²) < 4.78 is 4.55. The molecule has 184 valence electrons. The Balaban J connectivity index is 0.000000160. The summed E-state index contributed by atoms with van der Waals surface area (Å²) in [5, 5.41) is 3.71. The van der Waals surface area contributed by atoms with Gasteiger partial charge in [0.05, 0.1) is 33.4 Å². The predicted molar refractivity (Wildman–Crippen MR) is 146 cm³/mol. The number of rotatable bonds is 4. The van der Waals surface area contributed by atoms with Crippen molar-refractivity contribution in [2.45, 2.75) is 13.3 Å². The highest BCUT2D eigenvalue weighted by atomic mass is 32.1. The molecule has 0 saturated carbocycles. The Labute approximate surface area is 217 Å². The van der Waals surface area contributed by atoms with Gasteiger partial charge in [0, 0.05) is 6.42 Å². The van der Waals surface area contributed by atoms with Gasteiger partial charge >= 0.3 is 5.97 Å². The summed E-state index contributed by atoms with van der Waals surface area (Å²) in [5.41, 5.74) is 14.6. The molecule has 0 unspecified atom stereocenters. The summed E-state index contributed by atoms with van der Waals surface area (Å²) in [6, 6.07) is 22.3. The Morgan fingerprint density at radius 3 is 2.11 bits per heavy atom. The lowest BCUT2D eigenvalue weighted by molar-refractivity contribution is -0.137. The van der Waals surface area contributed by atoms with E-state index in [1.54, 1.807) is 47.9 Å². The highest BCUT2D eigenvalue weighted by molar-refractivity contribution is 7.13. The molecular formula is C27H25N3O4S2. The van der Waals surface area contributed by atoms with Crippen molar-refractivity contribution in [1.82, 2.24) is 0 Å². The third-order valence-electron chi connectivity index (χ3n) is 4.80. The number of ketones is 2. The zero-order valence-corrected chi connectivity index (χ0v) is 21.2. The number of nitrogen functional groups attached to an aromatic ring is 2. The van der Waals surface area contributed by atoms with Crippen LogP contribution in [0.2, 0.25) is 0 Å². The van der Waals surface area contributed by atoms with E-state index >= 15 is 0 Å². The number of ether oxygens (including phenoxy) is 1. The summed E-state index contributed by atoms with van der Waals surface area (Å²) in [5.74, 6) is -1.23. The quantitative estimate of drug-likeness (QED) is 0.162. The molecule has 9 heteroatoms. The van der Waals surface area contributed by atoms with Crippen molar-refractivity contribution in [2.75, 3.05) is 18.1 Å². The van der Waals surface area contributed by atoms with Crippen molar-refractivity contribution < 1.29 is 19.1 Å². The molecule has 2 aromatic heterocycles. The van der Waals surface area contributed by atoms with Gasteiger partial charge in [0.2, 0.25) is 0 Å². The molecule has 0 radical (unpaired) electrons. The van der Waals surface area contributed by atoms with Gasteiger partial charge in [-0.1, -0.05) is 42.5 Å². The van der Waals surface area contributed by atoms with Gasteiger partial charge in [-0.2, -0.15) is 0 Å². The van der Waals surface area contributed by atoms with Gasteiger partial charge in [-0.25, -0.2) is 9.79 Å². The largest absolute Gasteiger partial charge is 0.460 e. The highest BCUT2D eigenvalue weighted by Gasteiger charge is 2.21. The molecule has 5 rings (SSSR count). The number of nitrogens with zero attached hydrogens (tertiary/aromatic N) is 1. The Morgan fingerprint density at radius 1 is 0.889 bits per heavy atom. The number of carbonyl (C=O) groups is 3. The fraction of sp³-hybridized carbons (Fsp3) is 0.111. The van der Waals surface area contributed by atoms with Crippen LogP contribution in [0, 0.1) is 0 Å². The molecule has 36 heavy (non-hydrogen) atoms. The maximum atomic E-state index is 11.9. The van der Waals surface area contributed by atoms with Gasteiger partial charge in [-0.05, 0) is 53.6 Å². The number of anilines is 2. The Hall–Kier alpha value is -4.08. The van der Waals surface area contributed by atoms with Crippen LogP contribution in [0.1, 0.15) is 27.0 Å². The van der Waals surface area contributed by atoms with Crippen LogP contribution in [0.3, 0.4) is 0 Å². The SMILES string of the molecule is CCOC(=O)C(=O)c1cccs1.Nc1ccccc1N.O=C1Cc2ccccc2N=C1c1cccs1. The van der Waals surface area contributed by atoms with Gasteiger partial charge in [-0.3, -0.25) is 9.59 Å². The molecule has 0 spiro atoms. The fourth-order valence-electron chi connectivity index (χ4n) is 3.03. The van der Waals surface area contributed by atoms with Crippen LogP contribution in [0.4, 0.5) is 17.1 Å². The third-order valence-corrected chi connectivity index (χ3v) is 6.54. The molecule has 4 aromatic rings. The zero-order chi connectivity index (χ0) is 25.9. The first kappa shape index (κ1) is 26.5. The van der Waals surface area contributed by atoms with Gasteiger partial charge in [0.25, 0.3) is 5.78 Å². The number of para-hydroxylation sites is 3. The number of benzene rings is 2. The van der Waals surface area contributed by atoms with Crippen LogP contribution >= 0.6 is 22.7 Å². The number of nitrogens with two attached hydrogens (primary N) is 2. The van der Waals surface area contributed by atoms with E-state index in [0.717, 1.165) is 16.1 Å². The molecule has 7 nitrogen and oxygen atoms in total. The number of hydrogen-bond acceptors (Lipinski definition) is 9. The van der Waals surface area contributed by atoms with Crippen LogP contribution in [0.15, 0.2) is 88.5 Å². The van der Waals surface area contributed by atoms with Crippen molar-refractivity contribution in [3.8, 4) is 0 Å². The predicted octanol–water partition coefficient (Wildman–Crippen LogP) is 5.34. The number of hydrogen-bond donors (Lipinski definition) is 2. The normalized spacial score (nSPS) is 11.6. The molecule has 3 heterocycles. The average Bonchev–Trinajstić information content (AvgIpc) is 3.61. The van der Waals surface area contributed by atoms with E-state index in [0.29, 0.717) is 28.4 Å². The minimum Gasteiger partial charge on any atom is -0.460 e. The Kier molecular flexibility index (Phi) is 9.67. The molecule has 0 saturated heterocycles. The second kappa shape index (κ2) is 13.1. The smallest absolute Gasteiger partial charge is 0.380 e. The summed E-state index contributed by atoms with van der Waals surface area (Å²) in [4.78, 5) is 39.8. The number of carbonyl (C=O) groups excluding carboxylic acids is 3. The lowest BCUT2D eigenvalue weighted by Gasteiger charge is -2.12. The first-order valence-electron chi connectivity index (χ1n) is 11.0. The van der Waals surface area contributed by atoms with Gasteiger partial charge in [-0.15, -0.1) is 22.7 Å². The van der Waals surface area contributed by atoms with Gasteiger partial charge in [0.1, 0.15) is 5.71 Å². The van der Waals surface area contributed by atoms with Crippen molar-refractivity contribution in [3.63, 3.8) is 0 Å². The summed E-state index contributed by atoms with van der Waals surface area (Å²) in [6.07, 6.45) is 0.465. The number of thiophene rings is 2. The first-order valence-corrected chi connectivity index (χ1v) is 12.7. The van der Waals surface area contributed by atoms with Crippen molar-refractivity contribution >= 4 is 63.0 Å². The molecule has 1 aliphatic heterocycles. The maximum Gasteiger partial charge on any atom is 0.380 e. The molecule has 2 aromatic carbocycles. The van der Waals surface area contributed by atoms with Crippen molar-refractivity contribution in [1.29, 1.82) is 0 Å². The van der Waals surface area contributed by atoms with E-state index in [2.05, 4.69) is 9.73 Å². The van der Waals surface area contributed by atoms with E-state index < -0.39 is 11.8 Å². The van der Waals surface area contributed by atoms with Crippen LogP contribution in [0.25, 0.3) is 0 Å². The summed E-state index contributed by atoms with van der Waals surface area (Å²) in [7, 11) is 0. The Bertz CT molecular complexity index is 1330. The monoisotopic (exact) mass is 519 g/mol. The first-order chi connectivity index (χ1) is 17.4. The molecule has 0 amide bonds. The fourth-order valence-corrected chi connectivity index (χ4v) is 4.41. The van der Waals surface area contributed by atoms with Gasteiger partial charge < -0.3 is 16.2 Å². The number of Topliss-reactive ketones (excluding diaryl/α,β-unsaturated/α-hetero) is 2. The minimum absolute atomic E-state index is 0.112. The Morgan fingerprint density at radius 2 is 1.53 bits per heavy atom. The summed E-state index contributed by atoms with van der Waals surface area (Å²) >= 11 is 2.79. The average molecular weight is 520 g/mol. The van der Waals surface area contributed by atoms with Crippen LogP contribution in [0.5, 0.6) is 0 Å². The van der Waals surface area contributed by atoms with E-state index in [1.165, 1.54) is 11.3 Å². The highest BCUT2D eigenvalue weighted by Crippen LogP contribution is 2.27. The van der Waals surface area contributed by atoms with Crippen LogP contribution in [-0.4, -0.2) is 29.9 Å². The van der Waals surface area contributed by atoms with Crippen molar-refractivity contribution in [2.24, 2.45) is 4.99 Å². The second-order valence-electron chi connectivity index (χ2n) is 7.32.